The zero-order chi connectivity index (χ0) is 25.3. The van der Waals surface area contributed by atoms with Gasteiger partial charge in [-0.15, -0.1) is 4.91 Å². The fourth-order valence-corrected chi connectivity index (χ4v) is 6.36. The quantitative estimate of drug-likeness (QED) is 0.286. The molecule has 0 saturated carbocycles. The molecule has 0 radical (unpaired) electrons. The van der Waals surface area contributed by atoms with E-state index in [4.69, 9.17) is 19.4 Å². The third-order valence-electron chi connectivity index (χ3n) is 7.01. The summed E-state index contributed by atoms with van der Waals surface area (Å²) >= 11 is 0. The molecule has 3 aliphatic heterocycles. The van der Waals surface area contributed by atoms with E-state index in [1.54, 1.807) is 17.0 Å². The number of hydrogen-bond acceptors (Lipinski definition) is 11. The van der Waals surface area contributed by atoms with Crippen molar-refractivity contribution in [2.45, 2.75) is 42.5 Å². The van der Waals surface area contributed by atoms with Crippen molar-refractivity contribution >= 4 is 27.6 Å². The number of piperazine rings is 1. The van der Waals surface area contributed by atoms with Gasteiger partial charge in [0, 0.05) is 30.8 Å². The Morgan fingerprint density at radius 1 is 1.31 bits per heavy atom. The van der Waals surface area contributed by atoms with Gasteiger partial charge in [-0.25, -0.2) is 4.79 Å². The number of nitrogens with one attached hydrogen (secondary N) is 1. The molecule has 2 fully saturated rings. The maximum Gasteiger partial charge on any atom is 0.404 e. The number of hydrogen-bond donors (Lipinski definition) is 3. The summed E-state index contributed by atoms with van der Waals surface area (Å²) in [5.74, 6) is -1.45. The first-order chi connectivity index (χ1) is 16.6. The van der Waals surface area contributed by atoms with Crippen LogP contribution in [-0.4, -0.2) is 57.7 Å². The summed E-state index contributed by atoms with van der Waals surface area (Å²) in [4.78, 5) is 24.9. The van der Waals surface area contributed by atoms with Crippen molar-refractivity contribution in [2.24, 2.45) is 10.9 Å². The van der Waals surface area contributed by atoms with Crippen LogP contribution >= 0.6 is 0 Å². The predicted molar refractivity (Wildman–Crippen MR) is 123 cm³/mol. The molecule has 12 nitrogen and oxygen atoms in total. The van der Waals surface area contributed by atoms with Gasteiger partial charge < -0.3 is 34.7 Å². The lowest BCUT2D eigenvalue weighted by Crippen LogP contribution is -2.54. The number of ether oxygens (including phenoxy) is 2. The van der Waals surface area contributed by atoms with Gasteiger partial charge in [-0.05, 0) is 31.2 Å². The van der Waals surface area contributed by atoms with Gasteiger partial charge in [-0.3, -0.25) is 0 Å². The van der Waals surface area contributed by atoms with Gasteiger partial charge in [-0.2, -0.15) is 8.42 Å². The van der Waals surface area contributed by atoms with Crippen molar-refractivity contribution in [2.75, 3.05) is 25.2 Å². The Labute approximate surface area is 201 Å². The first-order valence-electron chi connectivity index (χ1n) is 10.8. The molecule has 2 aromatic carbocycles. The summed E-state index contributed by atoms with van der Waals surface area (Å²) in [5.41, 5.74) is 4.94. The Bertz CT molecular complexity index is 1350. The first kappa shape index (κ1) is 23.3. The molecule has 13 heteroatoms. The van der Waals surface area contributed by atoms with E-state index in [1.807, 2.05) is 6.92 Å². The lowest BCUT2D eigenvalue weighted by Gasteiger charge is -2.38. The Hall–Kier alpha value is -3.42. The van der Waals surface area contributed by atoms with Crippen molar-refractivity contribution in [3.05, 3.63) is 45.9 Å². The number of aryl methyl sites for hydroxylation is 1. The predicted octanol–water partition coefficient (Wildman–Crippen LogP) is 1.87. The van der Waals surface area contributed by atoms with Crippen LogP contribution in [0.1, 0.15) is 22.6 Å². The number of aromatic hydroxyl groups is 1. The number of rotatable bonds is 7. The van der Waals surface area contributed by atoms with Crippen LogP contribution < -0.4 is 20.1 Å². The number of nitroso groups, excluding NO2 is 1. The number of fused-ring (bicyclic) bond motifs is 5. The van der Waals surface area contributed by atoms with Gasteiger partial charge >= 0.3 is 16.2 Å². The minimum absolute atomic E-state index is 0.0204. The number of nitrogens with two attached hydrogens (primary N) is 1. The second-order valence-electron chi connectivity index (χ2n) is 8.86. The number of phenols is 1. The molecule has 0 aliphatic carbocycles. The number of amides is 1. The highest BCUT2D eigenvalue weighted by molar-refractivity contribution is 7.87. The minimum atomic E-state index is -4.33. The van der Waals surface area contributed by atoms with Crippen molar-refractivity contribution in [3.8, 4) is 11.5 Å². The average molecular weight is 505 g/mol. The zero-order valence-electron chi connectivity index (χ0n) is 19.1. The second kappa shape index (κ2) is 7.80. The molecule has 0 unspecified atom stereocenters. The van der Waals surface area contributed by atoms with E-state index < -0.39 is 33.6 Å². The van der Waals surface area contributed by atoms with E-state index in [9.17, 15) is 23.2 Å². The number of primary amides is 1. The van der Waals surface area contributed by atoms with E-state index >= 15 is 0 Å². The van der Waals surface area contributed by atoms with E-state index in [-0.39, 0.29) is 51.8 Å². The van der Waals surface area contributed by atoms with Gasteiger partial charge in [0.25, 0.3) is 0 Å². The van der Waals surface area contributed by atoms with E-state index in [0.717, 1.165) is 5.56 Å². The highest BCUT2D eigenvalue weighted by atomic mass is 32.2. The van der Waals surface area contributed by atoms with Gasteiger partial charge in [-0.1, -0.05) is 17.7 Å². The van der Waals surface area contributed by atoms with Crippen molar-refractivity contribution in [3.63, 3.8) is 0 Å². The maximum absolute atomic E-state index is 13.2. The normalized spacial score (nSPS) is 26.0. The fraction of sp³-hybridized carbons (Fsp3) is 0.409. The van der Waals surface area contributed by atoms with Crippen molar-refractivity contribution < 1.29 is 32.0 Å². The van der Waals surface area contributed by atoms with Crippen molar-refractivity contribution in [1.82, 2.24) is 5.32 Å². The third kappa shape index (κ3) is 3.26. The molecule has 1 amide bonds. The van der Waals surface area contributed by atoms with E-state index in [0.29, 0.717) is 6.54 Å². The molecule has 5 rings (SSSR count). The molecule has 0 spiro atoms. The monoisotopic (exact) mass is 504 g/mol. The van der Waals surface area contributed by atoms with Crippen LogP contribution in [0.5, 0.6) is 11.5 Å². The van der Waals surface area contributed by atoms with Crippen LogP contribution in [0.2, 0.25) is 0 Å². The molecular formula is C22H24N4O8S. The standard InChI is InChI=1S/C22H24N4O8S/c1-10-4-6-12(7-5-10)35(30,31)34-19-11(2)16(25-29)18(27)15-13(9-33-21(23)28)22(32-3)20-14(24-20)8-26(22)17(15)19/h4-7,13-14,20,24,27H,8-9H2,1-3H3,(H2,23,28)/t13-,14+,20+,22-/m1/s1. The van der Waals surface area contributed by atoms with Crippen LogP contribution in [0.25, 0.3) is 0 Å². The topological polar surface area (TPSA) is 180 Å². The lowest BCUT2D eigenvalue weighted by molar-refractivity contribution is -0.0337. The maximum atomic E-state index is 13.2. The van der Waals surface area contributed by atoms with E-state index in [2.05, 4.69) is 10.5 Å². The number of carbonyl (C=O) groups excluding carboxylic acids is 1. The molecule has 0 bridgehead atoms. The summed E-state index contributed by atoms with van der Waals surface area (Å²) in [6.45, 7) is 3.36. The fourth-order valence-electron chi connectivity index (χ4n) is 5.37. The Kier molecular flexibility index (Phi) is 5.20. The molecule has 4 atom stereocenters. The number of carbonyl (C=O) groups is 1. The lowest BCUT2D eigenvalue weighted by atomic mass is 9.88. The summed E-state index contributed by atoms with van der Waals surface area (Å²) in [6, 6.07) is 5.90. The number of phenolic OH excluding ortho intramolecular Hbond substituents is 1. The van der Waals surface area contributed by atoms with Crippen LogP contribution in [0.4, 0.5) is 16.2 Å². The summed E-state index contributed by atoms with van der Waals surface area (Å²) in [6.07, 6.45) is -1.03. The highest BCUT2D eigenvalue weighted by Crippen LogP contribution is 2.64. The van der Waals surface area contributed by atoms with Gasteiger partial charge in [0.1, 0.15) is 11.5 Å². The average Bonchev–Trinajstić information content (AvgIpc) is 3.42. The number of methoxy groups -OCH3 is 1. The molecule has 3 aliphatic rings. The third-order valence-corrected chi connectivity index (χ3v) is 8.25. The smallest absolute Gasteiger partial charge is 0.404 e. The first-order valence-corrected chi connectivity index (χ1v) is 12.2. The van der Waals surface area contributed by atoms with Gasteiger partial charge in [0.05, 0.1) is 17.6 Å². The van der Waals surface area contributed by atoms with Gasteiger partial charge in [0.15, 0.2) is 22.9 Å². The largest absolute Gasteiger partial charge is 0.505 e. The number of nitrogens with zero attached hydrogens (tertiary/aromatic N) is 2. The van der Waals surface area contributed by atoms with Crippen LogP contribution in [0, 0.1) is 18.8 Å². The summed E-state index contributed by atoms with van der Waals surface area (Å²) < 4.78 is 43.1. The second-order valence-corrected chi connectivity index (χ2v) is 10.4. The molecule has 0 aromatic heterocycles. The Morgan fingerprint density at radius 3 is 2.60 bits per heavy atom. The molecule has 3 heterocycles. The molecule has 186 valence electrons. The van der Waals surface area contributed by atoms with E-state index in [1.165, 1.54) is 26.2 Å². The van der Waals surface area contributed by atoms with Crippen molar-refractivity contribution in [1.29, 1.82) is 0 Å². The Morgan fingerprint density at radius 2 is 2.00 bits per heavy atom. The van der Waals surface area contributed by atoms with Gasteiger partial charge in [0.2, 0.25) is 0 Å². The molecule has 4 N–H and O–H groups in total. The molecule has 2 aromatic rings. The highest BCUT2D eigenvalue weighted by Gasteiger charge is 2.71. The van der Waals surface area contributed by atoms with Crippen LogP contribution in [0.3, 0.4) is 0 Å². The molecule has 2 saturated heterocycles. The minimum Gasteiger partial charge on any atom is -0.505 e. The summed E-state index contributed by atoms with van der Waals surface area (Å²) in [5, 5.41) is 17.3. The number of anilines is 1. The molecular weight excluding hydrogens is 480 g/mol. The zero-order valence-corrected chi connectivity index (χ0v) is 20.0. The van der Waals surface area contributed by atoms with Crippen LogP contribution in [0.15, 0.2) is 34.3 Å². The number of benzene rings is 2. The molecule has 35 heavy (non-hydrogen) atoms. The Balaban J connectivity index is 1.72. The SMILES string of the molecule is CO[C@@]12[C@H](COC(N)=O)c3c(O)c(N=O)c(C)c(OS(=O)(=O)c4ccc(C)cc4)c3N1C[C@@H]1N[C@@H]12. The summed E-state index contributed by atoms with van der Waals surface area (Å²) in [7, 11) is -2.86. The van der Waals surface area contributed by atoms with Crippen LogP contribution in [-0.2, 0) is 19.6 Å².